The first-order valence-electron chi connectivity index (χ1n) is 3.55. The van der Waals surface area contributed by atoms with Crippen LogP contribution < -0.4 is 0 Å². The van der Waals surface area contributed by atoms with Gasteiger partial charge in [0.1, 0.15) is 0 Å². The number of benzene rings is 1. The maximum absolute atomic E-state index is 5.31. The van der Waals surface area contributed by atoms with Crippen molar-refractivity contribution in [3.05, 3.63) is 32.4 Å². The number of terminal acetylenes is 1. The zero-order valence-corrected chi connectivity index (χ0v) is 9.82. The highest BCUT2D eigenvalue weighted by atomic mass is 127. The van der Waals surface area contributed by atoms with Gasteiger partial charge < -0.3 is 0 Å². The molecule has 0 unspecified atom stereocenters. The first kappa shape index (κ1) is 9.94. The fraction of sp³-hybridized carbons (Fsp3) is 0.200. The van der Waals surface area contributed by atoms with Gasteiger partial charge in [0.15, 0.2) is 0 Å². The van der Waals surface area contributed by atoms with E-state index in [4.69, 9.17) is 6.42 Å². The number of hydrogen-bond donors (Lipinski definition) is 1. The maximum Gasteiger partial charge on any atom is 0.0256 e. The zero-order valence-electron chi connectivity index (χ0n) is 6.76. The zero-order chi connectivity index (χ0) is 9.14. The molecule has 0 aliphatic heterocycles. The van der Waals surface area contributed by atoms with Gasteiger partial charge in [-0.05, 0) is 52.8 Å². The third kappa shape index (κ3) is 1.96. The lowest BCUT2D eigenvalue weighted by molar-refractivity contribution is 1.28. The largest absolute Gasteiger partial charge is 0.175 e. The topological polar surface area (TPSA) is 0 Å². The Morgan fingerprint density at radius 3 is 2.75 bits per heavy atom. The second-order valence-corrected chi connectivity index (χ2v) is 4.02. The lowest BCUT2D eigenvalue weighted by Gasteiger charge is -2.05. The van der Waals surface area contributed by atoms with Gasteiger partial charge in [-0.3, -0.25) is 0 Å². The van der Waals surface area contributed by atoms with Crippen LogP contribution in [0.5, 0.6) is 0 Å². The second-order valence-electron chi connectivity index (χ2n) is 2.54. The van der Waals surface area contributed by atoms with Crippen LogP contribution in [0.15, 0.2) is 12.1 Å². The quantitative estimate of drug-likeness (QED) is 0.458. The molecule has 2 heteroatoms. The van der Waals surface area contributed by atoms with E-state index in [1.807, 2.05) is 12.1 Å². The highest BCUT2D eigenvalue weighted by Gasteiger charge is 2.02. The fourth-order valence-corrected chi connectivity index (χ4v) is 1.99. The molecule has 0 heterocycles. The summed E-state index contributed by atoms with van der Waals surface area (Å²) in [7, 11) is 0. The molecule has 0 saturated heterocycles. The van der Waals surface area contributed by atoms with Crippen molar-refractivity contribution in [3.8, 4) is 12.3 Å². The number of thiol groups is 1. The molecule has 0 atom stereocenters. The fourth-order valence-electron chi connectivity index (χ4n) is 0.983. The van der Waals surface area contributed by atoms with Crippen LogP contribution in [0.25, 0.3) is 0 Å². The van der Waals surface area contributed by atoms with E-state index >= 15 is 0 Å². The highest BCUT2D eigenvalue weighted by Crippen LogP contribution is 2.19. The Balaban J connectivity index is 3.31. The lowest BCUT2D eigenvalue weighted by Crippen LogP contribution is -1.90. The van der Waals surface area contributed by atoms with Gasteiger partial charge >= 0.3 is 0 Å². The Morgan fingerprint density at radius 2 is 2.25 bits per heavy atom. The number of rotatable bonds is 1. The summed E-state index contributed by atoms with van der Waals surface area (Å²) in [6.45, 7) is 2.09. The van der Waals surface area contributed by atoms with Crippen molar-refractivity contribution >= 4 is 35.2 Å². The highest BCUT2D eigenvalue weighted by molar-refractivity contribution is 14.1. The lowest BCUT2D eigenvalue weighted by atomic mass is 10.1. The van der Waals surface area contributed by atoms with Gasteiger partial charge in [0.2, 0.25) is 0 Å². The molecule has 0 N–H and O–H groups in total. The smallest absolute Gasteiger partial charge is 0.0256 e. The minimum Gasteiger partial charge on any atom is -0.175 e. The molecule has 0 radical (unpaired) electrons. The van der Waals surface area contributed by atoms with E-state index in [-0.39, 0.29) is 0 Å². The molecule has 1 rings (SSSR count). The van der Waals surface area contributed by atoms with E-state index in [9.17, 15) is 0 Å². The van der Waals surface area contributed by atoms with Crippen LogP contribution in [0, 0.1) is 22.8 Å². The molecule has 1 aromatic carbocycles. The van der Waals surface area contributed by atoms with Crippen LogP contribution in [0.2, 0.25) is 0 Å². The summed E-state index contributed by atoms with van der Waals surface area (Å²) >= 11 is 6.53. The Morgan fingerprint density at radius 1 is 1.58 bits per heavy atom. The molecule has 0 amide bonds. The summed E-state index contributed by atoms with van der Waals surface area (Å²) in [4.78, 5) is 0. The van der Waals surface area contributed by atoms with E-state index in [2.05, 4.69) is 48.1 Å². The molecular weight excluding hydrogens is 279 g/mol. The Hall–Kier alpha value is -0.140. The van der Waals surface area contributed by atoms with Gasteiger partial charge in [0.05, 0.1) is 0 Å². The summed E-state index contributed by atoms with van der Waals surface area (Å²) in [5.74, 6) is 3.38. The van der Waals surface area contributed by atoms with Crippen molar-refractivity contribution in [3.63, 3.8) is 0 Å². The van der Waals surface area contributed by atoms with Gasteiger partial charge in [0, 0.05) is 14.9 Å². The predicted molar refractivity (Wildman–Crippen MR) is 64.5 cm³/mol. The van der Waals surface area contributed by atoms with E-state index < -0.39 is 0 Å². The van der Waals surface area contributed by atoms with Crippen molar-refractivity contribution in [2.24, 2.45) is 0 Å². The minimum absolute atomic E-state index is 0.747. The van der Waals surface area contributed by atoms with Gasteiger partial charge in [0.25, 0.3) is 0 Å². The van der Waals surface area contributed by atoms with Gasteiger partial charge in [-0.25, -0.2) is 0 Å². The van der Waals surface area contributed by atoms with Crippen molar-refractivity contribution < 1.29 is 0 Å². The molecule has 0 fully saturated rings. The minimum atomic E-state index is 0.747. The van der Waals surface area contributed by atoms with Crippen LogP contribution in [-0.2, 0) is 5.75 Å². The third-order valence-corrected chi connectivity index (χ3v) is 3.25. The summed E-state index contributed by atoms with van der Waals surface area (Å²) in [5.41, 5.74) is 3.44. The SMILES string of the molecule is C#Cc1cc(I)c(C)c(CS)c1. The van der Waals surface area contributed by atoms with Crippen LogP contribution in [0.1, 0.15) is 16.7 Å². The van der Waals surface area contributed by atoms with Crippen LogP contribution in [0.3, 0.4) is 0 Å². The predicted octanol–water partition coefficient (Wildman–Crippen LogP) is 3.01. The van der Waals surface area contributed by atoms with E-state index in [0.29, 0.717) is 0 Å². The van der Waals surface area contributed by atoms with E-state index in [1.54, 1.807) is 0 Å². The number of halogens is 1. The van der Waals surface area contributed by atoms with E-state index in [1.165, 1.54) is 14.7 Å². The molecule has 1 aromatic rings. The Bertz CT molecular complexity index is 336. The average molecular weight is 288 g/mol. The standard InChI is InChI=1S/C10H9IS/c1-3-8-4-9(6-12)7(2)10(11)5-8/h1,4-5,12H,6H2,2H3. The molecule has 12 heavy (non-hydrogen) atoms. The molecule has 0 aliphatic carbocycles. The van der Waals surface area contributed by atoms with Crippen LogP contribution in [-0.4, -0.2) is 0 Å². The molecule has 0 aromatic heterocycles. The third-order valence-electron chi connectivity index (χ3n) is 1.79. The summed E-state index contributed by atoms with van der Waals surface area (Å²) in [6, 6.07) is 4.04. The van der Waals surface area contributed by atoms with Crippen molar-refractivity contribution in [1.29, 1.82) is 0 Å². The first-order chi connectivity index (χ1) is 5.69. The first-order valence-corrected chi connectivity index (χ1v) is 5.26. The molecule has 0 aliphatic rings. The van der Waals surface area contributed by atoms with Crippen molar-refractivity contribution in [2.45, 2.75) is 12.7 Å². The molecule has 0 saturated carbocycles. The van der Waals surface area contributed by atoms with Gasteiger partial charge in [-0.1, -0.05) is 5.92 Å². The summed E-state index contributed by atoms with van der Waals surface area (Å²) in [5, 5.41) is 0. The Labute approximate surface area is 92.3 Å². The average Bonchev–Trinajstić information content (AvgIpc) is 2.09. The van der Waals surface area contributed by atoms with Crippen LogP contribution >= 0.6 is 35.2 Å². The van der Waals surface area contributed by atoms with Crippen molar-refractivity contribution in [1.82, 2.24) is 0 Å². The van der Waals surface area contributed by atoms with Gasteiger partial charge in [-0.15, -0.1) is 6.42 Å². The van der Waals surface area contributed by atoms with Crippen molar-refractivity contribution in [2.75, 3.05) is 0 Å². The molecular formula is C10H9IS. The maximum atomic E-state index is 5.31. The summed E-state index contributed by atoms with van der Waals surface area (Å²) in [6.07, 6.45) is 5.31. The Kier molecular flexibility index (Phi) is 3.48. The van der Waals surface area contributed by atoms with Gasteiger partial charge in [-0.2, -0.15) is 12.6 Å². The van der Waals surface area contributed by atoms with E-state index in [0.717, 1.165) is 11.3 Å². The number of hydrogen-bond acceptors (Lipinski definition) is 1. The molecule has 0 spiro atoms. The normalized spacial score (nSPS) is 9.50. The monoisotopic (exact) mass is 288 g/mol. The summed E-state index contributed by atoms with van der Waals surface area (Å²) < 4.78 is 1.21. The molecule has 0 bridgehead atoms. The molecule has 0 nitrogen and oxygen atoms in total. The second kappa shape index (κ2) is 4.20. The molecule has 62 valence electrons. The van der Waals surface area contributed by atoms with Crippen LogP contribution in [0.4, 0.5) is 0 Å².